The maximum absolute atomic E-state index is 12.8. The van der Waals surface area contributed by atoms with Crippen LogP contribution in [0.15, 0.2) is 42.5 Å². The van der Waals surface area contributed by atoms with Crippen LogP contribution in [0.25, 0.3) is 0 Å². The summed E-state index contributed by atoms with van der Waals surface area (Å²) in [5.74, 6) is -0.806. The van der Waals surface area contributed by atoms with Crippen LogP contribution in [0.1, 0.15) is 57.7 Å². The summed E-state index contributed by atoms with van der Waals surface area (Å²) in [6.07, 6.45) is 2.03. The van der Waals surface area contributed by atoms with E-state index >= 15 is 0 Å². The smallest absolute Gasteiger partial charge is 0.338 e. The topological polar surface area (TPSA) is 98.5 Å². The van der Waals surface area contributed by atoms with Gasteiger partial charge in [-0.2, -0.15) is 0 Å². The lowest BCUT2D eigenvalue weighted by molar-refractivity contribution is -0.384. The van der Waals surface area contributed by atoms with Gasteiger partial charge < -0.3 is 10.1 Å². The van der Waals surface area contributed by atoms with Gasteiger partial charge in [0.2, 0.25) is 0 Å². The van der Waals surface area contributed by atoms with Gasteiger partial charge in [0.05, 0.1) is 23.1 Å². The Labute approximate surface area is 162 Å². The molecule has 1 aliphatic carbocycles. The Morgan fingerprint density at radius 2 is 1.82 bits per heavy atom. The van der Waals surface area contributed by atoms with E-state index in [0.29, 0.717) is 5.92 Å². The number of carbonyl (C=O) groups excluding carboxylic acids is 2. The van der Waals surface area contributed by atoms with Crippen molar-refractivity contribution >= 4 is 17.6 Å². The van der Waals surface area contributed by atoms with Gasteiger partial charge in [-0.1, -0.05) is 29.8 Å². The molecule has 0 aliphatic heterocycles. The molecule has 7 nitrogen and oxygen atoms in total. The van der Waals surface area contributed by atoms with Crippen molar-refractivity contribution in [2.75, 3.05) is 6.61 Å². The number of amides is 1. The van der Waals surface area contributed by atoms with E-state index in [0.717, 1.165) is 30.0 Å². The summed E-state index contributed by atoms with van der Waals surface area (Å²) in [7, 11) is 0. The van der Waals surface area contributed by atoms with Crippen LogP contribution in [0.4, 0.5) is 5.69 Å². The first-order valence-corrected chi connectivity index (χ1v) is 9.23. The van der Waals surface area contributed by atoms with Crippen molar-refractivity contribution in [3.63, 3.8) is 0 Å². The number of nitrogens with zero attached hydrogens (tertiary/aromatic N) is 1. The lowest BCUT2D eigenvalue weighted by atomic mass is 10.00. The molecule has 1 unspecified atom stereocenters. The van der Waals surface area contributed by atoms with Gasteiger partial charge in [0.1, 0.15) is 0 Å². The molecule has 1 amide bonds. The van der Waals surface area contributed by atoms with Crippen LogP contribution in [-0.2, 0) is 4.74 Å². The van der Waals surface area contributed by atoms with E-state index in [1.165, 1.54) is 12.1 Å². The van der Waals surface area contributed by atoms with E-state index in [1.807, 2.05) is 31.2 Å². The Morgan fingerprint density at radius 3 is 2.39 bits per heavy atom. The van der Waals surface area contributed by atoms with Crippen molar-refractivity contribution < 1.29 is 19.2 Å². The third kappa shape index (κ3) is 4.54. The van der Waals surface area contributed by atoms with E-state index in [1.54, 1.807) is 6.92 Å². The number of carbonyl (C=O) groups is 2. The average molecular weight is 382 g/mol. The molecule has 28 heavy (non-hydrogen) atoms. The number of esters is 1. The highest BCUT2D eigenvalue weighted by Crippen LogP contribution is 2.41. The molecule has 0 bridgehead atoms. The highest BCUT2D eigenvalue weighted by Gasteiger charge is 2.34. The summed E-state index contributed by atoms with van der Waals surface area (Å²) in [6.45, 7) is 3.78. The number of nitro groups is 1. The van der Waals surface area contributed by atoms with Gasteiger partial charge in [-0.15, -0.1) is 0 Å². The molecular formula is C21H22N2O5. The lowest BCUT2D eigenvalue weighted by Gasteiger charge is -2.19. The standard InChI is InChI=1S/C21H22N2O5/c1-3-28-21(25)17-10-16(11-18(12-17)23(26)27)20(24)22-19(15-8-9-15)14-6-4-13(2)5-7-14/h4-7,10-12,15,19H,3,8-9H2,1-2H3,(H,22,24). The van der Waals surface area contributed by atoms with Gasteiger partial charge in [-0.05, 0) is 44.2 Å². The van der Waals surface area contributed by atoms with Crippen LogP contribution >= 0.6 is 0 Å². The number of ether oxygens (including phenoxy) is 1. The van der Waals surface area contributed by atoms with Gasteiger partial charge >= 0.3 is 5.97 Å². The van der Waals surface area contributed by atoms with Crippen molar-refractivity contribution in [1.29, 1.82) is 0 Å². The summed E-state index contributed by atoms with van der Waals surface area (Å²) < 4.78 is 4.91. The molecule has 1 saturated carbocycles. The first-order chi connectivity index (χ1) is 13.4. The monoisotopic (exact) mass is 382 g/mol. The molecule has 0 radical (unpaired) electrons. The molecule has 146 valence electrons. The molecule has 3 rings (SSSR count). The summed E-state index contributed by atoms with van der Waals surface area (Å²) >= 11 is 0. The first-order valence-electron chi connectivity index (χ1n) is 9.23. The number of hydrogen-bond donors (Lipinski definition) is 1. The zero-order chi connectivity index (χ0) is 20.3. The van der Waals surface area contributed by atoms with Crippen LogP contribution in [0.5, 0.6) is 0 Å². The minimum Gasteiger partial charge on any atom is -0.462 e. The Bertz CT molecular complexity index is 904. The Kier molecular flexibility index (Phi) is 5.73. The van der Waals surface area contributed by atoms with E-state index in [-0.39, 0.29) is 29.5 Å². The van der Waals surface area contributed by atoms with Crippen molar-refractivity contribution in [3.05, 3.63) is 74.8 Å². The SMILES string of the molecule is CCOC(=O)c1cc(C(=O)NC(c2ccc(C)cc2)C2CC2)cc([N+](=O)[O-])c1. The molecule has 1 N–H and O–H groups in total. The third-order valence-electron chi connectivity index (χ3n) is 4.72. The van der Waals surface area contributed by atoms with Crippen molar-refractivity contribution in [3.8, 4) is 0 Å². The largest absolute Gasteiger partial charge is 0.462 e. The second-order valence-corrected chi connectivity index (χ2v) is 6.95. The summed E-state index contributed by atoms with van der Waals surface area (Å²) in [5, 5.41) is 14.2. The summed E-state index contributed by atoms with van der Waals surface area (Å²) in [5.41, 5.74) is 1.85. The normalized spacial score (nSPS) is 14.2. The van der Waals surface area contributed by atoms with Gasteiger partial charge in [-0.3, -0.25) is 14.9 Å². The van der Waals surface area contributed by atoms with Crippen LogP contribution < -0.4 is 5.32 Å². The lowest BCUT2D eigenvalue weighted by Crippen LogP contribution is -2.30. The van der Waals surface area contributed by atoms with Crippen molar-refractivity contribution in [2.45, 2.75) is 32.7 Å². The molecule has 0 saturated heterocycles. The maximum Gasteiger partial charge on any atom is 0.338 e. The van der Waals surface area contributed by atoms with Gasteiger partial charge in [0, 0.05) is 17.7 Å². The number of rotatable bonds is 7. The second-order valence-electron chi connectivity index (χ2n) is 6.95. The fourth-order valence-corrected chi connectivity index (χ4v) is 3.08. The fraction of sp³-hybridized carbons (Fsp3) is 0.333. The van der Waals surface area contributed by atoms with E-state index in [2.05, 4.69) is 5.32 Å². The van der Waals surface area contributed by atoms with E-state index in [4.69, 9.17) is 4.74 Å². The minimum atomic E-state index is -0.697. The highest BCUT2D eigenvalue weighted by molar-refractivity contribution is 5.99. The number of nitro benzene ring substituents is 1. The summed E-state index contributed by atoms with van der Waals surface area (Å²) in [6, 6.07) is 11.4. The number of non-ortho nitro benzene ring substituents is 1. The van der Waals surface area contributed by atoms with Crippen LogP contribution in [0, 0.1) is 23.0 Å². The van der Waals surface area contributed by atoms with Crippen LogP contribution in [0.2, 0.25) is 0 Å². The minimum absolute atomic E-state index is 0.0143. The Morgan fingerprint density at radius 1 is 1.18 bits per heavy atom. The molecule has 1 fully saturated rings. The Hall–Kier alpha value is -3.22. The maximum atomic E-state index is 12.8. The third-order valence-corrected chi connectivity index (χ3v) is 4.72. The fourth-order valence-electron chi connectivity index (χ4n) is 3.08. The van der Waals surface area contributed by atoms with E-state index in [9.17, 15) is 19.7 Å². The first kappa shape index (κ1) is 19.5. The molecule has 2 aromatic rings. The molecule has 2 aromatic carbocycles. The van der Waals surface area contributed by atoms with Crippen molar-refractivity contribution in [2.24, 2.45) is 5.92 Å². The summed E-state index contributed by atoms with van der Waals surface area (Å²) in [4.78, 5) is 35.5. The quantitative estimate of drug-likeness (QED) is 0.444. The molecule has 1 aliphatic rings. The second kappa shape index (κ2) is 8.21. The molecule has 0 spiro atoms. The highest BCUT2D eigenvalue weighted by atomic mass is 16.6. The predicted octanol–water partition coefficient (Wildman–Crippen LogP) is 3.96. The van der Waals surface area contributed by atoms with E-state index < -0.39 is 16.8 Å². The van der Waals surface area contributed by atoms with Gasteiger partial charge in [0.15, 0.2) is 0 Å². The molecule has 1 atom stereocenters. The zero-order valence-corrected chi connectivity index (χ0v) is 15.8. The molecular weight excluding hydrogens is 360 g/mol. The number of benzene rings is 2. The van der Waals surface area contributed by atoms with Crippen LogP contribution in [-0.4, -0.2) is 23.4 Å². The average Bonchev–Trinajstić information content (AvgIpc) is 3.51. The Balaban J connectivity index is 1.88. The van der Waals surface area contributed by atoms with Gasteiger partial charge in [0.25, 0.3) is 11.6 Å². The number of hydrogen-bond acceptors (Lipinski definition) is 5. The number of nitrogens with one attached hydrogen (secondary N) is 1. The van der Waals surface area contributed by atoms with Gasteiger partial charge in [-0.25, -0.2) is 4.79 Å². The molecule has 0 heterocycles. The predicted molar refractivity (Wildman–Crippen MR) is 103 cm³/mol. The molecule has 7 heteroatoms. The van der Waals surface area contributed by atoms with Crippen molar-refractivity contribution in [1.82, 2.24) is 5.32 Å². The number of aryl methyl sites for hydroxylation is 1. The zero-order valence-electron chi connectivity index (χ0n) is 15.8. The van der Waals surface area contributed by atoms with Crippen LogP contribution in [0.3, 0.4) is 0 Å². The molecule has 0 aromatic heterocycles.